The Morgan fingerprint density at radius 1 is 0.833 bits per heavy atom. The first-order valence-electron chi connectivity index (χ1n) is 10.5. The standard InChI is InChI=1S/C23H25N7/c1-4-10-18(11-5-1)16-24-21-20-22(30(17-25-20)19-12-6-2-7-13-19)27-23(26-21)28-29-14-8-3-9-15-29/h1-2,4-7,10-13,17H,3,8-9,14-16H2,(H2,24,26,27,28). The average Bonchev–Trinajstić information content (AvgIpc) is 3.23. The number of para-hydroxylation sites is 1. The molecule has 30 heavy (non-hydrogen) atoms. The maximum atomic E-state index is 4.82. The molecule has 0 radical (unpaired) electrons. The van der Waals surface area contributed by atoms with Crippen LogP contribution in [-0.2, 0) is 6.54 Å². The number of hydrogen-bond donors (Lipinski definition) is 2. The lowest BCUT2D eigenvalue weighted by atomic mass is 10.2. The lowest BCUT2D eigenvalue weighted by molar-refractivity contribution is 0.271. The summed E-state index contributed by atoms with van der Waals surface area (Å²) in [5.74, 6) is 1.33. The van der Waals surface area contributed by atoms with Crippen LogP contribution in [-0.4, -0.2) is 37.6 Å². The van der Waals surface area contributed by atoms with E-state index in [1.807, 2.05) is 47.3 Å². The Balaban J connectivity index is 1.52. The second-order valence-electron chi connectivity index (χ2n) is 7.52. The van der Waals surface area contributed by atoms with Crippen LogP contribution in [0.15, 0.2) is 67.0 Å². The van der Waals surface area contributed by atoms with Crippen LogP contribution >= 0.6 is 0 Å². The molecule has 2 N–H and O–H groups in total. The normalized spacial score (nSPS) is 14.7. The van der Waals surface area contributed by atoms with Gasteiger partial charge in [0.2, 0.25) is 5.95 Å². The zero-order valence-electron chi connectivity index (χ0n) is 16.8. The summed E-state index contributed by atoms with van der Waals surface area (Å²) in [6.45, 7) is 2.69. The van der Waals surface area contributed by atoms with Gasteiger partial charge in [0.25, 0.3) is 0 Å². The number of fused-ring (bicyclic) bond motifs is 1. The van der Waals surface area contributed by atoms with E-state index < -0.39 is 0 Å². The van der Waals surface area contributed by atoms with Crippen molar-refractivity contribution in [2.75, 3.05) is 23.8 Å². The van der Waals surface area contributed by atoms with Gasteiger partial charge in [-0.3, -0.25) is 9.99 Å². The molecule has 1 aliphatic heterocycles. The Kier molecular flexibility index (Phi) is 5.26. The van der Waals surface area contributed by atoms with Crippen LogP contribution in [0.3, 0.4) is 0 Å². The van der Waals surface area contributed by atoms with Crippen molar-refractivity contribution in [3.05, 3.63) is 72.6 Å². The van der Waals surface area contributed by atoms with Gasteiger partial charge in [0.15, 0.2) is 17.0 Å². The quantitative estimate of drug-likeness (QED) is 0.505. The van der Waals surface area contributed by atoms with Crippen molar-refractivity contribution in [3.63, 3.8) is 0 Å². The first-order chi connectivity index (χ1) is 14.9. The van der Waals surface area contributed by atoms with Gasteiger partial charge in [-0.2, -0.15) is 9.97 Å². The van der Waals surface area contributed by atoms with E-state index in [1.54, 1.807) is 0 Å². The van der Waals surface area contributed by atoms with Gasteiger partial charge in [-0.15, -0.1) is 0 Å². The third kappa shape index (κ3) is 3.97. The van der Waals surface area contributed by atoms with Crippen molar-refractivity contribution in [1.29, 1.82) is 0 Å². The minimum Gasteiger partial charge on any atom is -0.364 e. The average molecular weight is 400 g/mol. The number of nitrogens with zero attached hydrogens (tertiary/aromatic N) is 5. The van der Waals surface area contributed by atoms with E-state index >= 15 is 0 Å². The van der Waals surface area contributed by atoms with E-state index in [9.17, 15) is 0 Å². The smallest absolute Gasteiger partial charge is 0.241 e. The highest BCUT2D eigenvalue weighted by atomic mass is 15.5. The first-order valence-corrected chi connectivity index (χ1v) is 10.5. The number of benzene rings is 2. The molecule has 1 aliphatic rings. The molecule has 0 aliphatic carbocycles. The van der Waals surface area contributed by atoms with Gasteiger partial charge < -0.3 is 5.32 Å². The van der Waals surface area contributed by atoms with Crippen LogP contribution in [0.2, 0.25) is 0 Å². The summed E-state index contributed by atoms with van der Waals surface area (Å²) in [7, 11) is 0. The largest absolute Gasteiger partial charge is 0.364 e. The van der Waals surface area contributed by atoms with E-state index in [1.165, 1.54) is 24.8 Å². The third-order valence-electron chi connectivity index (χ3n) is 5.35. The van der Waals surface area contributed by atoms with Crippen LogP contribution in [0, 0.1) is 0 Å². The predicted octanol–water partition coefficient (Wildman–Crippen LogP) is 4.24. The second-order valence-corrected chi connectivity index (χ2v) is 7.52. The molecule has 1 fully saturated rings. The molecular weight excluding hydrogens is 374 g/mol. The van der Waals surface area contributed by atoms with Crippen molar-refractivity contribution < 1.29 is 0 Å². The monoisotopic (exact) mass is 399 g/mol. The molecule has 0 unspecified atom stereocenters. The highest BCUT2D eigenvalue weighted by Gasteiger charge is 2.17. The van der Waals surface area contributed by atoms with E-state index in [0.29, 0.717) is 12.5 Å². The van der Waals surface area contributed by atoms with Crippen molar-refractivity contribution in [2.24, 2.45) is 0 Å². The lowest BCUT2D eigenvalue weighted by Crippen LogP contribution is -2.35. The maximum Gasteiger partial charge on any atom is 0.241 e. The Labute approximate surface area is 175 Å². The van der Waals surface area contributed by atoms with Crippen molar-refractivity contribution in [3.8, 4) is 5.69 Å². The van der Waals surface area contributed by atoms with Crippen LogP contribution in [0.1, 0.15) is 24.8 Å². The fourth-order valence-electron chi connectivity index (χ4n) is 3.78. The Hall–Kier alpha value is -3.45. The molecule has 152 valence electrons. The Bertz CT molecular complexity index is 1100. The first kappa shape index (κ1) is 18.6. The number of nitrogens with one attached hydrogen (secondary N) is 2. The molecule has 0 amide bonds. The number of rotatable bonds is 6. The van der Waals surface area contributed by atoms with Gasteiger partial charge in [0.1, 0.15) is 6.33 Å². The number of hydrogen-bond acceptors (Lipinski definition) is 6. The topological polar surface area (TPSA) is 70.9 Å². The molecule has 0 spiro atoms. The molecular formula is C23H25N7. The molecule has 0 atom stereocenters. The van der Waals surface area contributed by atoms with Gasteiger partial charge in [-0.25, -0.2) is 9.99 Å². The Morgan fingerprint density at radius 3 is 2.33 bits per heavy atom. The number of aromatic nitrogens is 4. The summed E-state index contributed by atoms with van der Waals surface area (Å²) < 4.78 is 2.01. The number of piperidine rings is 1. The summed E-state index contributed by atoms with van der Waals surface area (Å²) in [5.41, 5.74) is 7.17. The highest BCUT2D eigenvalue weighted by molar-refractivity contribution is 5.85. The summed E-state index contributed by atoms with van der Waals surface area (Å²) in [4.78, 5) is 14.2. The van der Waals surface area contributed by atoms with E-state index in [4.69, 9.17) is 9.97 Å². The zero-order chi connectivity index (χ0) is 20.2. The molecule has 2 aromatic carbocycles. The van der Waals surface area contributed by atoms with E-state index in [2.05, 4.69) is 45.0 Å². The predicted molar refractivity (Wildman–Crippen MR) is 119 cm³/mol. The second kappa shape index (κ2) is 8.51. The minimum absolute atomic E-state index is 0.595. The van der Waals surface area contributed by atoms with Crippen molar-refractivity contribution in [2.45, 2.75) is 25.8 Å². The molecule has 7 heteroatoms. The zero-order valence-corrected chi connectivity index (χ0v) is 16.8. The third-order valence-corrected chi connectivity index (χ3v) is 5.35. The number of anilines is 2. The van der Waals surface area contributed by atoms with E-state index in [-0.39, 0.29) is 0 Å². The number of hydrazine groups is 1. The van der Waals surface area contributed by atoms with Gasteiger partial charge >= 0.3 is 0 Å². The lowest BCUT2D eigenvalue weighted by Gasteiger charge is -2.26. The van der Waals surface area contributed by atoms with Gasteiger partial charge in [0.05, 0.1) is 0 Å². The van der Waals surface area contributed by atoms with Gasteiger partial charge in [-0.1, -0.05) is 55.0 Å². The van der Waals surface area contributed by atoms with Crippen LogP contribution in [0.4, 0.5) is 11.8 Å². The van der Waals surface area contributed by atoms with Gasteiger partial charge in [-0.05, 0) is 30.5 Å². The van der Waals surface area contributed by atoms with Gasteiger partial charge in [0, 0.05) is 25.3 Å². The summed E-state index contributed by atoms with van der Waals surface area (Å²) >= 11 is 0. The number of imidazole rings is 1. The van der Waals surface area contributed by atoms with Crippen LogP contribution < -0.4 is 10.7 Å². The summed E-state index contributed by atoms with van der Waals surface area (Å²) in [6, 6.07) is 20.5. The van der Waals surface area contributed by atoms with E-state index in [0.717, 1.165) is 35.8 Å². The maximum absolute atomic E-state index is 4.82. The van der Waals surface area contributed by atoms with Crippen molar-refractivity contribution in [1.82, 2.24) is 24.5 Å². The molecule has 4 aromatic rings. The van der Waals surface area contributed by atoms with Crippen LogP contribution in [0.5, 0.6) is 0 Å². The SMILES string of the molecule is c1ccc(CNc2nc(NN3CCCCC3)nc3c2ncn3-c2ccccc2)cc1. The molecule has 5 rings (SSSR count). The molecule has 7 nitrogen and oxygen atoms in total. The highest BCUT2D eigenvalue weighted by Crippen LogP contribution is 2.24. The molecule has 1 saturated heterocycles. The van der Waals surface area contributed by atoms with Crippen molar-refractivity contribution >= 4 is 22.9 Å². The molecule has 2 aromatic heterocycles. The fourth-order valence-corrected chi connectivity index (χ4v) is 3.78. The fraction of sp³-hybridized carbons (Fsp3) is 0.261. The molecule has 0 bridgehead atoms. The van der Waals surface area contributed by atoms with Crippen LogP contribution in [0.25, 0.3) is 16.9 Å². The minimum atomic E-state index is 0.595. The summed E-state index contributed by atoms with van der Waals surface area (Å²) in [5, 5.41) is 5.66. The summed E-state index contributed by atoms with van der Waals surface area (Å²) in [6.07, 6.45) is 5.47. The Morgan fingerprint density at radius 2 is 1.57 bits per heavy atom. The molecule has 3 heterocycles. The molecule has 0 saturated carbocycles.